The van der Waals surface area contributed by atoms with Gasteiger partial charge in [0.1, 0.15) is 6.04 Å². The number of halogens is 2. The summed E-state index contributed by atoms with van der Waals surface area (Å²) in [5.74, 6) is -2.58. The summed E-state index contributed by atoms with van der Waals surface area (Å²) in [5.41, 5.74) is 12.9. The lowest BCUT2D eigenvalue weighted by Crippen LogP contribution is -2.34. The van der Waals surface area contributed by atoms with Gasteiger partial charge in [-0.25, -0.2) is 8.78 Å². The van der Waals surface area contributed by atoms with Crippen molar-refractivity contribution in [3.8, 4) is 0 Å². The van der Waals surface area contributed by atoms with Crippen molar-refractivity contribution in [2.45, 2.75) is 31.7 Å². The second-order valence-electron chi connectivity index (χ2n) is 4.40. The number of nitrogens with two attached hydrogens (primary N) is 2. The second kappa shape index (κ2) is 3.98. The first-order valence-electron chi connectivity index (χ1n) is 5.46. The first-order chi connectivity index (χ1) is 7.90. The average Bonchev–Trinajstić information content (AvgIpc) is 2.26. The molecule has 1 aromatic rings. The molecule has 1 aliphatic rings. The first-order valence-corrected chi connectivity index (χ1v) is 5.46. The predicted octanol–water partition coefficient (Wildman–Crippen LogP) is 2.40. The molecule has 0 bridgehead atoms. The van der Waals surface area contributed by atoms with E-state index in [4.69, 9.17) is 11.5 Å². The number of rotatable bonds is 1. The molecule has 0 fully saturated rings. The summed E-state index contributed by atoms with van der Waals surface area (Å²) < 4.78 is 27.7. The minimum atomic E-state index is -2.86. The first kappa shape index (κ1) is 11.8. The van der Waals surface area contributed by atoms with E-state index in [2.05, 4.69) is 4.99 Å². The molecule has 0 radical (unpaired) electrons. The number of aliphatic imine (C=N–C) groups is 1. The molecule has 4 N–H and O–H groups in total. The van der Waals surface area contributed by atoms with Gasteiger partial charge in [-0.15, -0.1) is 0 Å². The molecule has 1 aromatic carbocycles. The molecule has 2 rings (SSSR count). The number of alkyl halides is 2. The fraction of sp³-hybridized carbons (Fsp3) is 0.417. The Morgan fingerprint density at radius 3 is 2.76 bits per heavy atom. The van der Waals surface area contributed by atoms with Crippen molar-refractivity contribution >= 4 is 11.5 Å². The molecular weight excluding hydrogens is 224 g/mol. The monoisotopic (exact) mass is 239 g/mol. The van der Waals surface area contributed by atoms with Crippen molar-refractivity contribution < 1.29 is 8.78 Å². The Hall–Kier alpha value is -1.65. The number of benzene rings is 1. The second-order valence-corrected chi connectivity index (χ2v) is 4.40. The normalized spacial score (nSPS) is 23.2. The fourth-order valence-corrected chi connectivity index (χ4v) is 2.01. The average molecular weight is 239 g/mol. The minimum absolute atomic E-state index is 0.144. The standard InChI is InChI=1S/C12H15F2N3/c1-7-2-3-8(15)6-9(7)11-12(13,14)5-4-10(16)17-11/h2-3,6,11H,4-5,15H2,1H3,(H2,16,17). The van der Waals surface area contributed by atoms with E-state index in [1.165, 1.54) is 0 Å². The van der Waals surface area contributed by atoms with Crippen molar-refractivity contribution in [1.82, 2.24) is 0 Å². The third-order valence-electron chi connectivity index (χ3n) is 3.01. The molecule has 0 spiro atoms. The van der Waals surface area contributed by atoms with Gasteiger partial charge in [0.15, 0.2) is 0 Å². The number of nitrogens with zero attached hydrogens (tertiary/aromatic N) is 1. The van der Waals surface area contributed by atoms with Crippen LogP contribution in [0.5, 0.6) is 0 Å². The molecule has 3 nitrogen and oxygen atoms in total. The quantitative estimate of drug-likeness (QED) is 0.739. The van der Waals surface area contributed by atoms with Crippen LogP contribution in [0.2, 0.25) is 0 Å². The van der Waals surface area contributed by atoms with E-state index in [0.717, 1.165) is 5.56 Å². The lowest BCUT2D eigenvalue weighted by Gasteiger charge is -2.29. The maximum absolute atomic E-state index is 13.8. The van der Waals surface area contributed by atoms with E-state index in [9.17, 15) is 8.78 Å². The molecule has 5 heteroatoms. The van der Waals surface area contributed by atoms with Crippen LogP contribution in [0.4, 0.5) is 14.5 Å². The molecule has 0 saturated carbocycles. The Morgan fingerprint density at radius 1 is 1.35 bits per heavy atom. The summed E-state index contributed by atoms with van der Waals surface area (Å²) in [5, 5.41) is 0. The number of hydrogen-bond acceptors (Lipinski definition) is 3. The lowest BCUT2D eigenvalue weighted by atomic mass is 9.91. The van der Waals surface area contributed by atoms with E-state index in [1.807, 2.05) is 0 Å². The molecule has 0 saturated heterocycles. The number of aryl methyl sites for hydroxylation is 1. The molecule has 92 valence electrons. The zero-order chi connectivity index (χ0) is 12.6. The highest BCUT2D eigenvalue weighted by molar-refractivity contribution is 5.81. The van der Waals surface area contributed by atoms with Crippen molar-refractivity contribution in [1.29, 1.82) is 0 Å². The van der Waals surface area contributed by atoms with Gasteiger partial charge in [-0.1, -0.05) is 6.07 Å². The summed E-state index contributed by atoms with van der Waals surface area (Å²) >= 11 is 0. The third-order valence-corrected chi connectivity index (χ3v) is 3.01. The van der Waals surface area contributed by atoms with E-state index in [1.54, 1.807) is 25.1 Å². The number of hydrogen-bond donors (Lipinski definition) is 2. The zero-order valence-corrected chi connectivity index (χ0v) is 9.58. The van der Waals surface area contributed by atoms with Gasteiger partial charge >= 0.3 is 0 Å². The van der Waals surface area contributed by atoms with E-state index >= 15 is 0 Å². The van der Waals surface area contributed by atoms with Crippen LogP contribution in [0.1, 0.15) is 30.0 Å². The highest BCUT2D eigenvalue weighted by Gasteiger charge is 2.43. The van der Waals surface area contributed by atoms with Crippen molar-refractivity contribution in [2.75, 3.05) is 5.73 Å². The van der Waals surface area contributed by atoms with E-state index in [-0.39, 0.29) is 18.7 Å². The number of amidine groups is 1. The van der Waals surface area contributed by atoms with Gasteiger partial charge in [0.25, 0.3) is 5.92 Å². The Labute approximate surface area is 98.5 Å². The van der Waals surface area contributed by atoms with Crippen LogP contribution in [0.25, 0.3) is 0 Å². The van der Waals surface area contributed by atoms with Crippen LogP contribution >= 0.6 is 0 Å². The summed E-state index contributed by atoms with van der Waals surface area (Å²) in [7, 11) is 0. The summed E-state index contributed by atoms with van der Waals surface area (Å²) in [6.45, 7) is 1.77. The predicted molar refractivity (Wildman–Crippen MR) is 64.1 cm³/mol. The van der Waals surface area contributed by atoms with Gasteiger partial charge in [0, 0.05) is 18.5 Å². The van der Waals surface area contributed by atoms with Crippen molar-refractivity contribution in [2.24, 2.45) is 10.7 Å². The highest BCUT2D eigenvalue weighted by atomic mass is 19.3. The summed E-state index contributed by atoms with van der Waals surface area (Å²) in [4.78, 5) is 3.90. The Balaban J connectivity index is 2.50. The SMILES string of the molecule is Cc1ccc(N)cc1C1N=C(N)CCC1(F)F. The molecule has 0 aliphatic carbocycles. The maximum atomic E-state index is 13.8. The van der Waals surface area contributed by atoms with Gasteiger partial charge in [0.2, 0.25) is 0 Å². The van der Waals surface area contributed by atoms with Crippen LogP contribution < -0.4 is 11.5 Å². The van der Waals surface area contributed by atoms with Crippen LogP contribution in [0.3, 0.4) is 0 Å². The molecule has 1 aliphatic heterocycles. The van der Waals surface area contributed by atoms with Crippen LogP contribution in [-0.2, 0) is 0 Å². The van der Waals surface area contributed by atoms with Crippen molar-refractivity contribution in [3.63, 3.8) is 0 Å². The molecule has 1 unspecified atom stereocenters. The molecule has 0 amide bonds. The van der Waals surface area contributed by atoms with E-state index < -0.39 is 12.0 Å². The molecule has 17 heavy (non-hydrogen) atoms. The van der Waals surface area contributed by atoms with Gasteiger partial charge in [-0.05, 0) is 30.2 Å². The Kier molecular flexibility index (Phi) is 2.77. The summed E-state index contributed by atoms with van der Waals surface area (Å²) in [6.07, 6.45) is -0.119. The van der Waals surface area contributed by atoms with E-state index in [0.29, 0.717) is 11.3 Å². The minimum Gasteiger partial charge on any atom is -0.399 e. The largest absolute Gasteiger partial charge is 0.399 e. The third kappa shape index (κ3) is 2.23. The van der Waals surface area contributed by atoms with Crippen molar-refractivity contribution in [3.05, 3.63) is 29.3 Å². The lowest BCUT2D eigenvalue weighted by molar-refractivity contribution is -0.0362. The topological polar surface area (TPSA) is 64.4 Å². The number of anilines is 1. The fourth-order valence-electron chi connectivity index (χ4n) is 2.01. The Bertz CT molecular complexity index is 469. The van der Waals surface area contributed by atoms with Gasteiger partial charge in [0.05, 0.1) is 5.84 Å². The maximum Gasteiger partial charge on any atom is 0.274 e. The molecule has 0 aromatic heterocycles. The molecular formula is C12H15F2N3. The van der Waals surface area contributed by atoms with Crippen LogP contribution in [0.15, 0.2) is 23.2 Å². The van der Waals surface area contributed by atoms with Gasteiger partial charge in [-0.2, -0.15) is 0 Å². The van der Waals surface area contributed by atoms with Crippen LogP contribution in [0, 0.1) is 6.92 Å². The summed E-state index contributed by atoms with van der Waals surface area (Å²) in [6, 6.07) is 3.75. The smallest absolute Gasteiger partial charge is 0.274 e. The van der Waals surface area contributed by atoms with Gasteiger partial charge < -0.3 is 11.5 Å². The van der Waals surface area contributed by atoms with Gasteiger partial charge in [-0.3, -0.25) is 4.99 Å². The molecule has 1 heterocycles. The van der Waals surface area contributed by atoms with Crippen LogP contribution in [-0.4, -0.2) is 11.8 Å². The Morgan fingerprint density at radius 2 is 2.06 bits per heavy atom. The molecule has 1 atom stereocenters. The zero-order valence-electron chi connectivity index (χ0n) is 9.58. The highest BCUT2D eigenvalue weighted by Crippen LogP contribution is 2.42. The number of nitrogen functional groups attached to an aromatic ring is 1.